The topological polar surface area (TPSA) is 12.0 Å². The summed E-state index contributed by atoms with van der Waals surface area (Å²) in [7, 11) is 0. The molecule has 2 atom stereocenters. The number of hydrogen-bond donors (Lipinski definition) is 1. The Balaban J connectivity index is 2.21. The van der Waals surface area contributed by atoms with Gasteiger partial charge < -0.3 is 5.32 Å². The first-order valence-electron chi connectivity index (χ1n) is 3.20. The van der Waals surface area contributed by atoms with Crippen LogP contribution in [0.3, 0.4) is 0 Å². The zero-order valence-corrected chi connectivity index (χ0v) is 5.65. The highest BCUT2D eigenvalue weighted by Gasteiger charge is 2.30. The van der Waals surface area contributed by atoms with Crippen LogP contribution >= 0.6 is 0 Å². The summed E-state index contributed by atoms with van der Waals surface area (Å²) in [5, 5.41) is 3.17. The van der Waals surface area contributed by atoms with Crippen LogP contribution in [-0.4, -0.2) is 6.04 Å². The molecule has 0 aromatic heterocycles. The Hall–Kier alpha value is -0.900. The van der Waals surface area contributed by atoms with Crippen molar-refractivity contribution in [2.45, 2.75) is 19.4 Å². The van der Waals surface area contributed by atoms with Gasteiger partial charge in [-0.25, -0.2) is 0 Å². The van der Waals surface area contributed by atoms with E-state index in [1.54, 1.807) is 6.20 Å². The van der Waals surface area contributed by atoms with Crippen LogP contribution in [0.25, 0.3) is 0 Å². The molecule has 1 nitrogen and oxygen atoms in total. The Morgan fingerprint density at radius 1 is 1.78 bits per heavy atom. The van der Waals surface area contributed by atoms with E-state index in [0.29, 0.717) is 6.04 Å². The predicted molar refractivity (Wildman–Crippen MR) is 37.9 cm³/mol. The summed E-state index contributed by atoms with van der Waals surface area (Å²) in [5.74, 6) is 0.841. The van der Waals surface area contributed by atoms with Crippen LogP contribution in [0, 0.1) is 5.92 Å². The SMILES string of the molecule is C=C=C=CNC1CC1C. The van der Waals surface area contributed by atoms with E-state index in [1.165, 1.54) is 6.42 Å². The Morgan fingerprint density at radius 2 is 2.44 bits per heavy atom. The van der Waals surface area contributed by atoms with Gasteiger partial charge in [-0.2, -0.15) is 0 Å². The molecule has 0 saturated heterocycles. The van der Waals surface area contributed by atoms with E-state index >= 15 is 0 Å². The number of rotatable bonds is 2. The lowest BCUT2D eigenvalue weighted by Gasteiger charge is -1.89. The van der Waals surface area contributed by atoms with Crippen molar-refractivity contribution < 1.29 is 0 Å². The molecule has 0 aliphatic heterocycles. The van der Waals surface area contributed by atoms with Gasteiger partial charge in [0.15, 0.2) is 0 Å². The third kappa shape index (κ3) is 1.81. The van der Waals surface area contributed by atoms with Gasteiger partial charge in [-0.05, 0) is 18.9 Å². The molecule has 2 unspecified atom stereocenters. The maximum Gasteiger partial charge on any atom is 0.0484 e. The summed E-state index contributed by atoms with van der Waals surface area (Å²) in [6.07, 6.45) is 3.07. The maximum atomic E-state index is 3.39. The van der Waals surface area contributed by atoms with Crippen LogP contribution in [0.15, 0.2) is 24.2 Å². The van der Waals surface area contributed by atoms with Crippen LogP contribution < -0.4 is 5.32 Å². The van der Waals surface area contributed by atoms with Crippen molar-refractivity contribution in [2.75, 3.05) is 0 Å². The Morgan fingerprint density at radius 3 is 2.89 bits per heavy atom. The fourth-order valence-electron chi connectivity index (χ4n) is 0.754. The molecule has 1 fully saturated rings. The number of hydrogen-bond acceptors (Lipinski definition) is 1. The molecule has 1 saturated carbocycles. The van der Waals surface area contributed by atoms with Crippen LogP contribution in [0.1, 0.15) is 13.3 Å². The van der Waals surface area contributed by atoms with Gasteiger partial charge >= 0.3 is 0 Å². The van der Waals surface area contributed by atoms with Gasteiger partial charge in [-0.15, -0.1) is 0 Å². The van der Waals surface area contributed by atoms with Crippen LogP contribution in [-0.2, 0) is 0 Å². The average molecular weight is 121 g/mol. The molecule has 0 spiro atoms. The van der Waals surface area contributed by atoms with Gasteiger partial charge in [0.2, 0.25) is 0 Å². The van der Waals surface area contributed by atoms with E-state index in [0.717, 1.165) is 5.92 Å². The second kappa shape index (κ2) is 2.59. The summed E-state index contributed by atoms with van der Waals surface area (Å²) in [6, 6.07) is 0.686. The van der Waals surface area contributed by atoms with Crippen molar-refractivity contribution in [1.82, 2.24) is 5.32 Å². The zero-order valence-electron chi connectivity index (χ0n) is 5.65. The molecule has 1 rings (SSSR count). The van der Waals surface area contributed by atoms with Gasteiger partial charge in [-0.1, -0.05) is 18.4 Å². The average Bonchev–Trinajstić information content (AvgIpc) is 2.48. The molecule has 0 amide bonds. The normalized spacial score (nSPS) is 29.9. The molecule has 0 heterocycles. The molecule has 48 valence electrons. The van der Waals surface area contributed by atoms with Gasteiger partial charge in [0, 0.05) is 12.2 Å². The summed E-state index contributed by atoms with van der Waals surface area (Å²) < 4.78 is 0. The molecule has 1 N–H and O–H groups in total. The lowest BCUT2D eigenvalue weighted by atomic mass is 10.5. The predicted octanol–water partition coefficient (Wildman–Crippen LogP) is 1.44. The first-order valence-corrected chi connectivity index (χ1v) is 3.20. The molecule has 1 heteroatoms. The summed E-state index contributed by atoms with van der Waals surface area (Å²) in [4.78, 5) is 0. The lowest BCUT2D eigenvalue weighted by Crippen LogP contribution is -2.07. The van der Waals surface area contributed by atoms with E-state index in [9.17, 15) is 0 Å². The van der Waals surface area contributed by atoms with Gasteiger partial charge in [0.25, 0.3) is 0 Å². The molecule has 0 bridgehead atoms. The lowest BCUT2D eigenvalue weighted by molar-refractivity contribution is 0.784. The van der Waals surface area contributed by atoms with E-state index < -0.39 is 0 Å². The van der Waals surface area contributed by atoms with Crippen molar-refractivity contribution in [3.63, 3.8) is 0 Å². The van der Waals surface area contributed by atoms with Crippen molar-refractivity contribution in [1.29, 1.82) is 0 Å². The van der Waals surface area contributed by atoms with Gasteiger partial charge in [0.05, 0.1) is 0 Å². The molecule has 0 aromatic carbocycles. The smallest absolute Gasteiger partial charge is 0.0484 e. The minimum absolute atomic E-state index is 0.686. The Bertz CT molecular complexity index is 171. The maximum absolute atomic E-state index is 3.39. The zero-order chi connectivity index (χ0) is 6.69. The fourth-order valence-corrected chi connectivity index (χ4v) is 0.754. The minimum Gasteiger partial charge on any atom is -0.381 e. The minimum atomic E-state index is 0.686. The van der Waals surface area contributed by atoms with Crippen LogP contribution in [0.2, 0.25) is 0 Å². The van der Waals surface area contributed by atoms with E-state index in [1.807, 2.05) is 0 Å². The molecule has 1 aliphatic rings. The first-order chi connectivity index (χ1) is 4.34. The van der Waals surface area contributed by atoms with Crippen LogP contribution in [0.4, 0.5) is 0 Å². The van der Waals surface area contributed by atoms with E-state index in [2.05, 4.69) is 30.3 Å². The summed E-state index contributed by atoms with van der Waals surface area (Å²) in [6.45, 7) is 5.61. The quantitative estimate of drug-likeness (QED) is 0.545. The Labute approximate surface area is 55.8 Å². The third-order valence-corrected chi connectivity index (χ3v) is 1.58. The molecular formula is C8H11N. The highest BCUT2D eigenvalue weighted by molar-refractivity contribution is 4.94. The second-order valence-electron chi connectivity index (χ2n) is 2.45. The monoisotopic (exact) mass is 121 g/mol. The summed E-state index contributed by atoms with van der Waals surface area (Å²) in [5.41, 5.74) is 5.29. The molecule has 1 aliphatic carbocycles. The standard InChI is InChI=1S/C8H11N/c1-3-4-5-9-8-6-7(8)2/h5,7-9H,1,6H2,2H3. The van der Waals surface area contributed by atoms with Crippen molar-refractivity contribution in [3.05, 3.63) is 24.2 Å². The third-order valence-electron chi connectivity index (χ3n) is 1.58. The van der Waals surface area contributed by atoms with Gasteiger partial charge in [-0.3, -0.25) is 0 Å². The Kier molecular flexibility index (Phi) is 1.79. The summed E-state index contributed by atoms with van der Waals surface area (Å²) >= 11 is 0. The van der Waals surface area contributed by atoms with E-state index in [4.69, 9.17) is 0 Å². The van der Waals surface area contributed by atoms with Gasteiger partial charge in [0.1, 0.15) is 0 Å². The first kappa shape index (κ1) is 6.22. The highest BCUT2D eigenvalue weighted by Crippen LogP contribution is 2.28. The largest absolute Gasteiger partial charge is 0.381 e. The molecule has 0 radical (unpaired) electrons. The van der Waals surface area contributed by atoms with E-state index in [-0.39, 0.29) is 0 Å². The van der Waals surface area contributed by atoms with Crippen molar-refractivity contribution in [2.24, 2.45) is 5.92 Å². The molecule has 0 aromatic rings. The van der Waals surface area contributed by atoms with Crippen molar-refractivity contribution >= 4 is 0 Å². The second-order valence-corrected chi connectivity index (χ2v) is 2.45. The van der Waals surface area contributed by atoms with Crippen LogP contribution in [0.5, 0.6) is 0 Å². The highest BCUT2D eigenvalue weighted by atomic mass is 14.9. The van der Waals surface area contributed by atoms with Crippen molar-refractivity contribution in [3.8, 4) is 0 Å². The molecular weight excluding hydrogens is 110 g/mol. The number of nitrogens with one attached hydrogen (secondary N) is 1. The molecule has 9 heavy (non-hydrogen) atoms. The fraction of sp³-hybridized carbons (Fsp3) is 0.500.